The average Bonchev–Trinajstić information content (AvgIpc) is 2.46. The monoisotopic (exact) mass is 328 g/mol. The lowest BCUT2D eigenvalue weighted by Crippen LogP contribution is -2.67. The lowest BCUT2D eigenvalue weighted by molar-refractivity contribution is -0.407. The first-order valence-corrected chi connectivity index (χ1v) is 7.61. The fourth-order valence-corrected chi connectivity index (χ4v) is 2.12. The summed E-state index contributed by atoms with van der Waals surface area (Å²) in [4.78, 5) is 33.4. The van der Waals surface area contributed by atoms with Gasteiger partial charge in [-0.2, -0.15) is 0 Å². The quantitative estimate of drug-likeness (QED) is 0.421. The van der Waals surface area contributed by atoms with Gasteiger partial charge in [0.25, 0.3) is 0 Å². The van der Waals surface area contributed by atoms with E-state index in [4.69, 9.17) is 9.84 Å². The first kappa shape index (κ1) is 18.1. The van der Waals surface area contributed by atoms with E-state index in [1.54, 1.807) is 24.3 Å². The Bertz CT molecular complexity index is 547. The molecule has 0 aliphatic rings. The van der Waals surface area contributed by atoms with E-state index in [2.05, 4.69) is 11.5 Å². The van der Waals surface area contributed by atoms with Gasteiger partial charge in [0.15, 0.2) is 17.2 Å². The molecular formula is C14H20N2O5S+2. The van der Waals surface area contributed by atoms with Crippen LogP contribution in [0.2, 0.25) is 0 Å². The highest BCUT2D eigenvalue weighted by molar-refractivity contribution is 8.13. The Morgan fingerprint density at radius 1 is 1.18 bits per heavy atom. The first-order valence-electron chi connectivity index (χ1n) is 6.62. The normalized spacial score (nSPS) is 13.2. The van der Waals surface area contributed by atoms with Gasteiger partial charge in [0.05, 0.1) is 5.75 Å². The van der Waals surface area contributed by atoms with Crippen LogP contribution in [-0.2, 0) is 20.8 Å². The van der Waals surface area contributed by atoms with Gasteiger partial charge in [0, 0.05) is 13.3 Å². The zero-order valence-electron chi connectivity index (χ0n) is 12.3. The van der Waals surface area contributed by atoms with E-state index in [1.807, 2.05) is 0 Å². The maximum absolute atomic E-state index is 11.8. The summed E-state index contributed by atoms with van der Waals surface area (Å²) in [7, 11) is 0. The molecule has 1 rings (SSSR count). The minimum Gasteiger partial charge on any atom is -0.477 e. The predicted molar refractivity (Wildman–Crippen MR) is 79.9 cm³/mol. The van der Waals surface area contributed by atoms with Crippen LogP contribution in [0.5, 0.6) is 5.75 Å². The van der Waals surface area contributed by atoms with E-state index in [0.717, 1.165) is 17.3 Å². The van der Waals surface area contributed by atoms with Crippen LogP contribution in [0, 0.1) is 0 Å². The molecule has 0 bridgehead atoms. The molecule has 0 saturated carbocycles. The summed E-state index contributed by atoms with van der Waals surface area (Å²) in [5, 5.41) is 8.73. The number of esters is 1. The number of benzene rings is 1. The molecule has 0 aromatic heterocycles. The number of hydrogen-bond donors (Lipinski definition) is 3. The molecule has 2 unspecified atom stereocenters. The smallest absolute Gasteiger partial charge is 0.371 e. The van der Waals surface area contributed by atoms with Crippen LogP contribution in [0.3, 0.4) is 0 Å². The number of rotatable bonds is 7. The number of hydrogen-bond acceptors (Lipinski definition) is 5. The van der Waals surface area contributed by atoms with Gasteiger partial charge in [0.2, 0.25) is 0 Å². The number of ether oxygens (including phenoxy) is 1. The average molecular weight is 328 g/mol. The van der Waals surface area contributed by atoms with Crippen LogP contribution in [0.1, 0.15) is 12.5 Å². The molecule has 7 N–H and O–H groups in total. The molecule has 1 aromatic carbocycles. The molecule has 0 aliphatic heterocycles. The van der Waals surface area contributed by atoms with Gasteiger partial charge < -0.3 is 21.3 Å². The minimum absolute atomic E-state index is 0.0769. The van der Waals surface area contributed by atoms with Crippen LogP contribution in [-0.4, -0.2) is 40.0 Å². The molecule has 0 aliphatic carbocycles. The Balaban J connectivity index is 2.54. The van der Waals surface area contributed by atoms with Crippen molar-refractivity contribution in [2.24, 2.45) is 0 Å². The van der Waals surface area contributed by atoms with Crippen LogP contribution in [0.15, 0.2) is 24.3 Å². The zero-order chi connectivity index (χ0) is 16.7. The maximum atomic E-state index is 11.8. The van der Waals surface area contributed by atoms with Crippen molar-refractivity contribution in [2.45, 2.75) is 25.4 Å². The van der Waals surface area contributed by atoms with Crippen molar-refractivity contribution in [3.05, 3.63) is 29.8 Å². The summed E-state index contributed by atoms with van der Waals surface area (Å²) in [5.41, 5.74) is 7.99. The molecule has 0 spiro atoms. The van der Waals surface area contributed by atoms with Gasteiger partial charge in [-0.3, -0.25) is 4.79 Å². The summed E-state index contributed by atoms with van der Waals surface area (Å²) >= 11 is 1.03. The molecule has 0 heterocycles. The molecule has 0 radical (unpaired) electrons. The highest BCUT2D eigenvalue weighted by atomic mass is 32.2. The van der Waals surface area contributed by atoms with Gasteiger partial charge in [-0.05, 0) is 17.7 Å². The molecule has 0 fully saturated rings. The fourth-order valence-electron chi connectivity index (χ4n) is 1.55. The van der Waals surface area contributed by atoms with Crippen molar-refractivity contribution in [1.29, 1.82) is 0 Å². The zero-order valence-corrected chi connectivity index (χ0v) is 13.1. The van der Waals surface area contributed by atoms with Crippen molar-refractivity contribution in [3.63, 3.8) is 0 Å². The van der Waals surface area contributed by atoms with E-state index >= 15 is 0 Å². The summed E-state index contributed by atoms with van der Waals surface area (Å²) in [6.45, 7) is 1.43. The van der Waals surface area contributed by atoms with Gasteiger partial charge in [-0.15, -0.1) is 0 Å². The highest BCUT2D eigenvalue weighted by Gasteiger charge is 2.21. The second-order valence-electron chi connectivity index (χ2n) is 4.80. The van der Waals surface area contributed by atoms with Gasteiger partial charge in [0.1, 0.15) is 5.75 Å². The largest absolute Gasteiger partial charge is 0.477 e. The van der Waals surface area contributed by atoms with E-state index in [0.29, 0.717) is 12.2 Å². The topological polar surface area (TPSA) is 136 Å². The Kier molecular flexibility index (Phi) is 7.03. The Labute approximate surface area is 132 Å². The lowest BCUT2D eigenvalue weighted by atomic mass is 10.1. The Morgan fingerprint density at radius 3 is 2.27 bits per heavy atom. The van der Waals surface area contributed by atoms with Crippen molar-refractivity contribution >= 4 is 28.8 Å². The summed E-state index contributed by atoms with van der Waals surface area (Å²) in [5.74, 6) is -0.847. The Hall–Kier alpha value is -1.90. The third kappa shape index (κ3) is 6.25. The molecular weight excluding hydrogens is 308 g/mol. The number of carbonyl (C=O) groups excluding carboxylic acids is 2. The van der Waals surface area contributed by atoms with Gasteiger partial charge in [-0.1, -0.05) is 23.9 Å². The maximum Gasteiger partial charge on any atom is 0.371 e. The van der Waals surface area contributed by atoms with Gasteiger partial charge >= 0.3 is 11.9 Å². The predicted octanol–water partition coefficient (Wildman–Crippen LogP) is -1.28. The molecule has 7 nitrogen and oxygen atoms in total. The first-order chi connectivity index (χ1) is 10.3. The molecule has 8 heteroatoms. The molecule has 22 heavy (non-hydrogen) atoms. The van der Waals surface area contributed by atoms with Crippen LogP contribution < -0.4 is 16.2 Å². The molecule has 120 valence electrons. The van der Waals surface area contributed by atoms with Crippen molar-refractivity contribution < 1.29 is 35.7 Å². The van der Waals surface area contributed by atoms with Crippen molar-refractivity contribution in [2.75, 3.05) is 5.75 Å². The summed E-state index contributed by atoms with van der Waals surface area (Å²) in [6.07, 6.45) is 0.302. The van der Waals surface area contributed by atoms with Crippen molar-refractivity contribution in [3.8, 4) is 5.75 Å². The molecule has 1 aromatic rings. The number of quaternary nitrogens is 2. The fraction of sp³-hybridized carbons (Fsp3) is 0.357. The standard InChI is InChI=1S/C14H18N2O5S/c1-8(17)22-7-12(16)14(20)21-10-4-2-9(3-5-10)6-11(15)13(18)19/h2-5,11-12H,6-7,15-16H2,1H3,(H,18,19)/p+2. The minimum atomic E-state index is -0.960. The van der Waals surface area contributed by atoms with E-state index in [-0.39, 0.29) is 10.9 Å². The van der Waals surface area contributed by atoms with Crippen LogP contribution >= 0.6 is 11.8 Å². The molecule has 0 saturated heterocycles. The third-order valence-electron chi connectivity index (χ3n) is 2.79. The molecule has 2 atom stereocenters. The third-order valence-corrected chi connectivity index (χ3v) is 3.77. The SMILES string of the molecule is CC(=O)SCC([NH3+])C(=O)Oc1ccc(CC([NH3+])C(=O)O)cc1. The van der Waals surface area contributed by atoms with Crippen LogP contribution in [0.25, 0.3) is 0 Å². The number of carbonyl (C=O) groups is 3. The summed E-state index contributed by atoms with van der Waals surface area (Å²) < 4.78 is 5.16. The number of carboxylic acid groups (broad SMARTS) is 1. The Morgan fingerprint density at radius 2 is 1.77 bits per heavy atom. The second kappa shape index (κ2) is 8.52. The highest BCUT2D eigenvalue weighted by Crippen LogP contribution is 2.14. The van der Waals surface area contributed by atoms with Crippen LogP contribution in [0.4, 0.5) is 0 Å². The lowest BCUT2D eigenvalue weighted by Gasteiger charge is -2.09. The van der Waals surface area contributed by atoms with E-state index in [9.17, 15) is 14.4 Å². The number of carboxylic acids is 1. The molecule has 0 amide bonds. The van der Waals surface area contributed by atoms with E-state index in [1.165, 1.54) is 6.92 Å². The van der Waals surface area contributed by atoms with E-state index < -0.39 is 24.0 Å². The summed E-state index contributed by atoms with van der Waals surface area (Å²) in [6, 6.07) is 5.20. The number of thioether (sulfide) groups is 1. The second-order valence-corrected chi connectivity index (χ2v) is 6.00. The van der Waals surface area contributed by atoms with Gasteiger partial charge in [-0.25, -0.2) is 9.59 Å². The number of aliphatic carboxylic acids is 1. The van der Waals surface area contributed by atoms with Crippen molar-refractivity contribution in [1.82, 2.24) is 0 Å².